The number of rotatable bonds is 10. The van der Waals surface area contributed by atoms with Gasteiger partial charge in [-0.25, -0.2) is 0 Å². The molecule has 2 fully saturated rings. The van der Waals surface area contributed by atoms with E-state index in [2.05, 4.69) is 40.7 Å². The molecule has 26 heavy (non-hydrogen) atoms. The lowest BCUT2D eigenvalue weighted by atomic mass is 10.0. The fourth-order valence-corrected chi connectivity index (χ4v) is 3.54. The lowest BCUT2D eigenvalue weighted by Gasteiger charge is -2.19. The van der Waals surface area contributed by atoms with Crippen LogP contribution in [0.15, 0.2) is 23.2 Å². The van der Waals surface area contributed by atoms with Crippen LogP contribution in [0.25, 0.3) is 0 Å². The molecule has 0 saturated heterocycles. The molecule has 5 heteroatoms. The number of guanidine groups is 1. The van der Waals surface area contributed by atoms with Gasteiger partial charge in [0.25, 0.3) is 0 Å². The van der Waals surface area contributed by atoms with Crippen LogP contribution in [0.5, 0.6) is 5.75 Å². The number of ether oxygens (including phenoxy) is 2. The first-order valence-electron chi connectivity index (χ1n) is 9.91. The van der Waals surface area contributed by atoms with E-state index in [1.807, 2.05) is 14.0 Å². The number of nitrogens with one attached hydrogen (secondary N) is 2. The molecule has 1 aromatic carbocycles. The van der Waals surface area contributed by atoms with Crippen LogP contribution >= 0.6 is 0 Å². The molecule has 2 N–H and O–H groups in total. The smallest absolute Gasteiger partial charge is 0.191 e. The molecule has 0 bridgehead atoms. The van der Waals surface area contributed by atoms with Crippen molar-refractivity contribution in [3.8, 4) is 5.75 Å². The summed E-state index contributed by atoms with van der Waals surface area (Å²) in [6.07, 6.45) is 5.58. The molecule has 0 unspecified atom stereocenters. The minimum absolute atomic E-state index is 0.565. The van der Waals surface area contributed by atoms with Crippen molar-refractivity contribution in [1.29, 1.82) is 0 Å². The number of nitrogens with zero attached hydrogens (tertiary/aromatic N) is 1. The third-order valence-corrected chi connectivity index (χ3v) is 5.53. The minimum Gasteiger partial charge on any atom is -0.491 e. The fraction of sp³-hybridized carbons (Fsp3) is 0.667. The molecule has 2 aliphatic carbocycles. The molecule has 144 valence electrons. The monoisotopic (exact) mass is 359 g/mol. The average molecular weight is 360 g/mol. The standard InChI is InChI=1S/C21H33N3O2/c1-4-25-11-12-26-19-13-16(2)5-6-17(19)14-23-20(22-3)24-15-21(9-10-21)18-7-8-18/h5-6,13,18H,4,7-12,14-15H2,1-3H3,(H2,22,23,24). The van der Waals surface area contributed by atoms with E-state index in [0.717, 1.165) is 36.3 Å². The van der Waals surface area contributed by atoms with Crippen LogP contribution in [0.2, 0.25) is 0 Å². The Labute approximate surface area is 157 Å². The molecule has 0 spiro atoms. The zero-order valence-corrected chi connectivity index (χ0v) is 16.4. The van der Waals surface area contributed by atoms with Crippen LogP contribution < -0.4 is 15.4 Å². The Bertz CT molecular complexity index is 622. The van der Waals surface area contributed by atoms with Gasteiger partial charge < -0.3 is 20.1 Å². The van der Waals surface area contributed by atoms with E-state index in [-0.39, 0.29) is 0 Å². The molecule has 0 aromatic heterocycles. The van der Waals surface area contributed by atoms with Gasteiger partial charge in [-0.1, -0.05) is 12.1 Å². The molecule has 5 nitrogen and oxygen atoms in total. The van der Waals surface area contributed by atoms with Crippen molar-refractivity contribution < 1.29 is 9.47 Å². The summed E-state index contributed by atoms with van der Waals surface area (Å²) in [7, 11) is 1.83. The second kappa shape index (κ2) is 8.76. The van der Waals surface area contributed by atoms with Crippen molar-refractivity contribution in [1.82, 2.24) is 10.6 Å². The summed E-state index contributed by atoms with van der Waals surface area (Å²) in [6.45, 7) is 7.72. The van der Waals surface area contributed by atoms with Crippen LogP contribution in [-0.2, 0) is 11.3 Å². The number of aliphatic imine (C=N–C) groups is 1. The van der Waals surface area contributed by atoms with Crippen molar-refractivity contribution in [2.75, 3.05) is 33.4 Å². The molecule has 1 aromatic rings. The Morgan fingerprint density at radius 3 is 2.69 bits per heavy atom. The molecular formula is C21H33N3O2. The zero-order valence-electron chi connectivity index (χ0n) is 16.4. The molecular weight excluding hydrogens is 326 g/mol. The molecule has 2 saturated carbocycles. The van der Waals surface area contributed by atoms with Gasteiger partial charge in [-0.05, 0) is 62.5 Å². The van der Waals surface area contributed by atoms with Gasteiger partial charge in [0, 0.05) is 32.3 Å². The second-order valence-electron chi connectivity index (χ2n) is 7.57. The molecule has 0 radical (unpaired) electrons. The predicted octanol–water partition coefficient (Wildman–Crippen LogP) is 3.27. The molecule has 0 atom stereocenters. The van der Waals surface area contributed by atoms with Gasteiger partial charge in [0.2, 0.25) is 0 Å². The van der Waals surface area contributed by atoms with Gasteiger partial charge in [0.1, 0.15) is 12.4 Å². The highest BCUT2D eigenvalue weighted by molar-refractivity contribution is 5.79. The second-order valence-corrected chi connectivity index (χ2v) is 7.57. The number of hydrogen-bond acceptors (Lipinski definition) is 3. The van der Waals surface area contributed by atoms with Crippen molar-refractivity contribution in [2.45, 2.75) is 46.1 Å². The van der Waals surface area contributed by atoms with Gasteiger partial charge in [0.15, 0.2) is 5.96 Å². The van der Waals surface area contributed by atoms with Crippen LogP contribution in [0.3, 0.4) is 0 Å². The molecule has 3 rings (SSSR count). The molecule has 0 heterocycles. The molecule has 0 amide bonds. The van der Waals surface area contributed by atoms with Crippen LogP contribution in [0, 0.1) is 18.3 Å². The maximum Gasteiger partial charge on any atom is 0.191 e. The van der Waals surface area contributed by atoms with Gasteiger partial charge >= 0.3 is 0 Å². The quantitative estimate of drug-likeness (QED) is 0.382. The first kappa shape index (κ1) is 19.0. The maximum absolute atomic E-state index is 5.92. The largest absolute Gasteiger partial charge is 0.491 e. The average Bonchev–Trinajstić information content (AvgIpc) is 3.53. The minimum atomic E-state index is 0.565. The highest BCUT2D eigenvalue weighted by Gasteiger charge is 2.53. The van der Waals surface area contributed by atoms with E-state index in [9.17, 15) is 0 Å². The van der Waals surface area contributed by atoms with E-state index in [0.29, 0.717) is 25.2 Å². The van der Waals surface area contributed by atoms with Gasteiger partial charge in [-0.3, -0.25) is 4.99 Å². The normalized spacial score (nSPS) is 18.5. The Morgan fingerprint density at radius 1 is 1.23 bits per heavy atom. The van der Waals surface area contributed by atoms with Crippen molar-refractivity contribution in [3.05, 3.63) is 29.3 Å². The Hall–Kier alpha value is -1.75. The number of aryl methyl sites for hydroxylation is 1. The number of hydrogen-bond donors (Lipinski definition) is 2. The van der Waals surface area contributed by atoms with E-state index in [1.165, 1.54) is 31.2 Å². The van der Waals surface area contributed by atoms with Crippen LogP contribution in [0.4, 0.5) is 0 Å². The molecule has 0 aliphatic heterocycles. The summed E-state index contributed by atoms with van der Waals surface area (Å²) in [6, 6.07) is 6.33. The first-order chi connectivity index (χ1) is 12.7. The zero-order chi connectivity index (χ0) is 18.4. The highest BCUT2D eigenvalue weighted by atomic mass is 16.5. The Balaban J connectivity index is 1.50. The lowest BCUT2D eigenvalue weighted by molar-refractivity contribution is 0.110. The summed E-state index contributed by atoms with van der Waals surface area (Å²) in [5.41, 5.74) is 2.90. The van der Waals surface area contributed by atoms with Gasteiger partial charge in [-0.2, -0.15) is 0 Å². The summed E-state index contributed by atoms with van der Waals surface area (Å²) in [4.78, 5) is 4.38. The lowest BCUT2D eigenvalue weighted by Crippen LogP contribution is -2.40. The van der Waals surface area contributed by atoms with E-state index in [1.54, 1.807) is 0 Å². The fourth-order valence-electron chi connectivity index (χ4n) is 3.54. The third-order valence-electron chi connectivity index (χ3n) is 5.53. The van der Waals surface area contributed by atoms with Crippen LogP contribution in [-0.4, -0.2) is 39.4 Å². The van der Waals surface area contributed by atoms with Crippen molar-refractivity contribution in [3.63, 3.8) is 0 Å². The van der Waals surface area contributed by atoms with Crippen LogP contribution in [0.1, 0.15) is 43.7 Å². The van der Waals surface area contributed by atoms with Crippen molar-refractivity contribution in [2.24, 2.45) is 16.3 Å². The summed E-state index contributed by atoms with van der Waals surface area (Å²) < 4.78 is 11.3. The maximum atomic E-state index is 5.92. The Morgan fingerprint density at radius 2 is 2.04 bits per heavy atom. The Kier molecular flexibility index (Phi) is 6.41. The third kappa shape index (κ3) is 5.13. The van der Waals surface area contributed by atoms with E-state index in [4.69, 9.17) is 9.47 Å². The summed E-state index contributed by atoms with van der Waals surface area (Å²) in [5, 5.41) is 6.97. The van der Waals surface area contributed by atoms with Gasteiger partial charge in [0.05, 0.1) is 6.61 Å². The highest BCUT2D eigenvalue weighted by Crippen LogP contribution is 2.60. The summed E-state index contributed by atoms with van der Waals surface area (Å²) in [5.74, 6) is 2.75. The van der Waals surface area contributed by atoms with Crippen molar-refractivity contribution >= 4 is 5.96 Å². The topological polar surface area (TPSA) is 54.9 Å². The predicted molar refractivity (Wildman–Crippen MR) is 106 cm³/mol. The first-order valence-corrected chi connectivity index (χ1v) is 9.91. The van der Waals surface area contributed by atoms with E-state index < -0.39 is 0 Å². The SMILES string of the molecule is CCOCCOc1cc(C)ccc1CNC(=NC)NCC1(C2CC2)CC1. The van der Waals surface area contributed by atoms with E-state index >= 15 is 0 Å². The summed E-state index contributed by atoms with van der Waals surface area (Å²) >= 11 is 0. The number of benzene rings is 1. The molecule has 2 aliphatic rings. The van der Waals surface area contributed by atoms with Gasteiger partial charge in [-0.15, -0.1) is 0 Å².